The Kier molecular flexibility index (Phi) is 3.07. The van der Waals surface area contributed by atoms with Crippen molar-refractivity contribution in [2.75, 3.05) is 6.54 Å². The van der Waals surface area contributed by atoms with Gasteiger partial charge in [0.15, 0.2) is 0 Å². The van der Waals surface area contributed by atoms with E-state index in [1.54, 1.807) is 0 Å². The smallest absolute Gasteiger partial charge is 0.109 e. The molecule has 0 radical (unpaired) electrons. The first-order valence-corrected chi connectivity index (χ1v) is 5.83. The van der Waals surface area contributed by atoms with Crippen LogP contribution < -0.4 is 5.73 Å². The summed E-state index contributed by atoms with van der Waals surface area (Å²) >= 11 is 3.48. The van der Waals surface area contributed by atoms with Crippen LogP contribution in [0.25, 0.3) is 10.9 Å². The molecule has 1 aromatic carbocycles. The maximum atomic E-state index is 5.64. The predicted octanol–water partition coefficient (Wildman–Crippen LogP) is 2.46. The number of aromatic amines is 1. The van der Waals surface area contributed by atoms with Gasteiger partial charge >= 0.3 is 0 Å². The van der Waals surface area contributed by atoms with Gasteiger partial charge in [-0.15, -0.1) is 0 Å². The average Bonchev–Trinajstić information content (AvgIpc) is 2.61. The Morgan fingerprint density at radius 3 is 3.07 bits per heavy atom. The summed E-state index contributed by atoms with van der Waals surface area (Å²) in [5, 5.41) is 8.33. The van der Waals surface area contributed by atoms with Crippen LogP contribution in [0.15, 0.2) is 22.8 Å². The molecule has 1 atom stereocenters. The second-order valence-electron chi connectivity index (χ2n) is 3.89. The van der Waals surface area contributed by atoms with Crippen LogP contribution in [0.1, 0.15) is 12.5 Å². The zero-order valence-corrected chi connectivity index (χ0v) is 10.2. The maximum Gasteiger partial charge on any atom is 0.109 e. The van der Waals surface area contributed by atoms with Crippen LogP contribution in [0, 0.1) is 5.92 Å². The monoisotopic (exact) mass is 267 g/mol. The van der Waals surface area contributed by atoms with E-state index < -0.39 is 0 Å². The van der Waals surface area contributed by atoms with Crippen molar-refractivity contribution in [1.82, 2.24) is 10.2 Å². The van der Waals surface area contributed by atoms with Crippen molar-refractivity contribution in [3.05, 3.63) is 28.4 Å². The van der Waals surface area contributed by atoms with Crippen LogP contribution in [0.4, 0.5) is 0 Å². The molecule has 4 heteroatoms. The summed E-state index contributed by atoms with van der Waals surface area (Å²) in [7, 11) is 0. The van der Waals surface area contributed by atoms with Gasteiger partial charge in [-0.25, -0.2) is 0 Å². The van der Waals surface area contributed by atoms with Gasteiger partial charge in [0.05, 0.1) is 5.52 Å². The lowest BCUT2D eigenvalue weighted by Crippen LogP contribution is -2.13. The first kappa shape index (κ1) is 10.6. The molecule has 1 heterocycles. The van der Waals surface area contributed by atoms with Crippen molar-refractivity contribution in [3.63, 3.8) is 0 Å². The zero-order valence-electron chi connectivity index (χ0n) is 8.63. The SMILES string of the molecule is CC(CN)Cc1cccc2n[nH]c(Br)c12. The second kappa shape index (κ2) is 4.33. The van der Waals surface area contributed by atoms with E-state index in [2.05, 4.69) is 39.1 Å². The Morgan fingerprint density at radius 1 is 1.53 bits per heavy atom. The predicted molar refractivity (Wildman–Crippen MR) is 65.7 cm³/mol. The van der Waals surface area contributed by atoms with Crippen molar-refractivity contribution in [1.29, 1.82) is 0 Å². The third-order valence-electron chi connectivity index (χ3n) is 2.59. The summed E-state index contributed by atoms with van der Waals surface area (Å²) in [6.45, 7) is 2.87. The lowest BCUT2D eigenvalue weighted by molar-refractivity contribution is 0.595. The molecule has 0 saturated carbocycles. The Bertz CT molecular complexity index is 464. The lowest BCUT2D eigenvalue weighted by Gasteiger charge is -2.09. The van der Waals surface area contributed by atoms with E-state index in [1.807, 2.05) is 12.1 Å². The van der Waals surface area contributed by atoms with Gasteiger partial charge in [0.25, 0.3) is 0 Å². The molecule has 15 heavy (non-hydrogen) atoms. The number of rotatable bonds is 3. The summed E-state index contributed by atoms with van der Waals surface area (Å²) in [6.07, 6.45) is 0.992. The second-order valence-corrected chi connectivity index (χ2v) is 4.69. The number of nitrogens with two attached hydrogens (primary N) is 1. The molecule has 3 N–H and O–H groups in total. The van der Waals surface area contributed by atoms with Gasteiger partial charge in [0.1, 0.15) is 4.60 Å². The fourth-order valence-electron chi connectivity index (χ4n) is 1.73. The molecule has 0 amide bonds. The van der Waals surface area contributed by atoms with Gasteiger partial charge in [0, 0.05) is 5.39 Å². The zero-order chi connectivity index (χ0) is 10.8. The van der Waals surface area contributed by atoms with Crippen molar-refractivity contribution in [3.8, 4) is 0 Å². The van der Waals surface area contributed by atoms with Crippen molar-refractivity contribution >= 4 is 26.8 Å². The van der Waals surface area contributed by atoms with Crippen LogP contribution >= 0.6 is 15.9 Å². The number of nitrogens with zero attached hydrogens (tertiary/aromatic N) is 1. The highest BCUT2D eigenvalue weighted by Gasteiger charge is 2.09. The summed E-state index contributed by atoms with van der Waals surface area (Å²) in [6, 6.07) is 6.18. The van der Waals surface area contributed by atoms with E-state index in [0.717, 1.165) is 16.5 Å². The van der Waals surface area contributed by atoms with Gasteiger partial charge in [-0.1, -0.05) is 19.1 Å². The van der Waals surface area contributed by atoms with Crippen molar-refractivity contribution in [2.45, 2.75) is 13.3 Å². The van der Waals surface area contributed by atoms with Gasteiger partial charge < -0.3 is 5.73 Å². The van der Waals surface area contributed by atoms with Gasteiger partial charge in [-0.2, -0.15) is 5.10 Å². The molecule has 0 spiro atoms. The molecule has 0 aliphatic rings. The van der Waals surface area contributed by atoms with Crippen LogP contribution in [0.2, 0.25) is 0 Å². The summed E-state index contributed by atoms with van der Waals surface area (Å²) in [5.41, 5.74) is 7.94. The quantitative estimate of drug-likeness (QED) is 0.898. The molecular formula is C11H14BrN3. The Balaban J connectivity index is 2.45. The summed E-state index contributed by atoms with van der Waals surface area (Å²) in [4.78, 5) is 0. The molecule has 2 rings (SSSR count). The molecule has 0 fully saturated rings. The maximum absolute atomic E-state index is 5.64. The van der Waals surface area contributed by atoms with Crippen LogP contribution in [0.5, 0.6) is 0 Å². The van der Waals surface area contributed by atoms with E-state index in [-0.39, 0.29) is 0 Å². The van der Waals surface area contributed by atoms with E-state index in [0.29, 0.717) is 12.5 Å². The van der Waals surface area contributed by atoms with E-state index >= 15 is 0 Å². The molecule has 2 aromatic rings. The summed E-state index contributed by atoms with van der Waals surface area (Å²) < 4.78 is 0.956. The number of H-pyrrole nitrogens is 1. The Morgan fingerprint density at radius 2 is 2.33 bits per heavy atom. The first-order valence-electron chi connectivity index (χ1n) is 5.04. The molecule has 0 aliphatic carbocycles. The number of fused-ring (bicyclic) bond motifs is 1. The highest BCUT2D eigenvalue weighted by atomic mass is 79.9. The van der Waals surface area contributed by atoms with E-state index in [4.69, 9.17) is 5.73 Å². The first-order chi connectivity index (χ1) is 7.22. The van der Waals surface area contributed by atoms with Crippen LogP contribution in [-0.4, -0.2) is 16.7 Å². The number of hydrogen-bond acceptors (Lipinski definition) is 2. The highest BCUT2D eigenvalue weighted by Crippen LogP contribution is 2.26. The molecule has 0 aliphatic heterocycles. The minimum absolute atomic E-state index is 0.498. The number of halogens is 1. The molecule has 0 saturated heterocycles. The van der Waals surface area contributed by atoms with Gasteiger partial charge in [0.2, 0.25) is 0 Å². The molecule has 0 bridgehead atoms. The third kappa shape index (κ3) is 2.06. The third-order valence-corrected chi connectivity index (χ3v) is 3.17. The van der Waals surface area contributed by atoms with Crippen molar-refractivity contribution in [2.24, 2.45) is 11.7 Å². The number of benzene rings is 1. The topological polar surface area (TPSA) is 54.7 Å². The molecule has 1 aromatic heterocycles. The minimum atomic E-state index is 0.498. The highest BCUT2D eigenvalue weighted by molar-refractivity contribution is 9.10. The molecule has 1 unspecified atom stereocenters. The van der Waals surface area contributed by atoms with Crippen molar-refractivity contribution < 1.29 is 0 Å². The number of aromatic nitrogens is 2. The minimum Gasteiger partial charge on any atom is -0.330 e. The average molecular weight is 268 g/mol. The largest absolute Gasteiger partial charge is 0.330 e. The normalized spacial score (nSPS) is 13.3. The lowest BCUT2D eigenvalue weighted by atomic mass is 9.99. The van der Waals surface area contributed by atoms with Gasteiger partial charge in [-0.3, -0.25) is 5.10 Å². The molecule has 80 valence electrons. The van der Waals surface area contributed by atoms with Gasteiger partial charge in [-0.05, 0) is 46.4 Å². The molecular weight excluding hydrogens is 254 g/mol. The Hall–Kier alpha value is -0.870. The van der Waals surface area contributed by atoms with Crippen LogP contribution in [0.3, 0.4) is 0 Å². The summed E-state index contributed by atoms with van der Waals surface area (Å²) in [5.74, 6) is 0.498. The number of nitrogens with one attached hydrogen (secondary N) is 1. The number of hydrogen-bond donors (Lipinski definition) is 2. The fraction of sp³-hybridized carbons (Fsp3) is 0.364. The van der Waals surface area contributed by atoms with Crippen LogP contribution in [-0.2, 0) is 6.42 Å². The standard InChI is InChI=1S/C11H14BrN3/c1-7(6-13)5-8-3-2-4-9-10(8)11(12)15-14-9/h2-4,7H,5-6,13H2,1H3,(H,14,15). The van der Waals surface area contributed by atoms with E-state index in [9.17, 15) is 0 Å². The Labute approximate surface area is 97.2 Å². The fourth-order valence-corrected chi connectivity index (χ4v) is 2.27. The van der Waals surface area contributed by atoms with E-state index in [1.165, 1.54) is 10.9 Å². The molecule has 3 nitrogen and oxygen atoms in total.